The summed E-state index contributed by atoms with van der Waals surface area (Å²) in [6.07, 6.45) is 4.86. The number of nitrogens with two attached hydrogens (primary N) is 2. The summed E-state index contributed by atoms with van der Waals surface area (Å²) in [4.78, 5) is 76.7. The average molecular weight is 632 g/mol. The fourth-order valence-electron chi connectivity index (χ4n) is 4.88. The minimum Gasteiger partial charge on any atom is -0.396 e. The Morgan fingerprint density at radius 1 is 0.844 bits per heavy atom. The number of ketones is 2. The molecule has 4 atom stereocenters. The molecule has 0 aliphatic carbocycles. The second-order valence-electron chi connectivity index (χ2n) is 12.0. The van der Waals surface area contributed by atoms with Crippen molar-refractivity contribution in [3.05, 3.63) is 35.9 Å². The minimum atomic E-state index is -1.24. The number of amides is 4. The van der Waals surface area contributed by atoms with Crippen molar-refractivity contribution in [2.24, 2.45) is 29.2 Å². The van der Waals surface area contributed by atoms with E-state index in [4.69, 9.17) is 11.5 Å². The third-order valence-electron chi connectivity index (χ3n) is 7.52. The lowest BCUT2D eigenvalue weighted by Gasteiger charge is -2.25. The van der Waals surface area contributed by atoms with Crippen LogP contribution in [0.2, 0.25) is 0 Å². The highest BCUT2D eigenvalue weighted by Crippen LogP contribution is 2.17. The molecule has 252 valence electrons. The quantitative estimate of drug-likeness (QED) is 0.0914. The second-order valence-corrected chi connectivity index (χ2v) is 12.0. The van der Waals surface area contributed by atoms with E-state index in [0.29, 0.717) is 12.8 Å². The second kappa shape index (κ2) is 22.0. The molecule has 0 saturated carbocycles. The van der Waals surface area contributed by atoms with E-state index < -0.39 is 59.8 Å². The predicted octanol–water partition coefficient (Wildman–Crippen LogP) is 1.31. The molecule has 0 unspecified atom stereocenters. The van der Waals surface area contributed by atoms with Crippen LogP contribution in [-0.2, 0) is 35.2 Å². The van der Waals surface area contributed by atoms with Gasteiger partial charge in [-0.1, -0.05) is 76.8 Å². The van der Waals surface area contributed by atoms with E-state index in [1.165, 1.54) is 0 Å². The van der Waals surface area contributed by atoms with Gasteiger partial charge < -0.3 is 32.5 Å². The number of hydrogen-bond donors (Lipinski definition) is 6. The summed E-state index contributed by atoms with van der Waals surface area (Å²) in [5, 5.41) is 17.7. The zero-order valence-corrected chi connectivity index (χ0v) is 27.0. The van der Waals surface area contributed by atoms with Gasteiger partial charge in [0.25, 0.3) is 0 Å². The van der Waals surface area contributed by atoms with Crippen LogP contribution < -0.4 is 27.4 Å². The fraction of sp³-hybridized carbons (Fsp3) is 0.636. The first-order chi connectivity index (χ1) is 21.4. The smallest absolute Gasteiger partial charge is 0.240 e. The molecule has 0 spiro atoms. The molecule has 0 bridgehead atoms. The van der Waals surface area contributed by atoms with Crippen LogP contribution in [0.25, 0.3) is 0 Å². The highest BCUT2D eigenvalue weighted by atomic mass is 16.3. The lowest BCUT2D eigenvalue weighted by atomic mass is 9.90. The number of aliphatic hydroxyl groups is 1. The van der Waals surface area contributed by atoms with Crippen molar-refractivity contribution in [1.82, 2.24) is 16.0 Å². The normalized spacial score (nSPS) is 13.7. The SMILES string of the molecule is CCCCCCCC(=O)NC[C@H](NC(=O)[C@H](CO)CC(=O)CN)C(=O)C[C@@H](Cc1ccccc1)C(=O)N[C@@H](CC(C)C)C(N)=O. The minimum absolute atomic E-state index is 0.0671. The van der Waals surface area contributed by atoms with Gasteiger partial charge in [0, 0.05) is 31.7 Å². The Morgan fingerprint density at radius 2 is 1.47 bits per heavy atom. The summed E-state index contributed by atoms with van der Waals surface area (Å²) >= 11 is 0. The molecule has 1 rings (SSSR count). The van der Waals surface area contributed by atoms with E-state index in [1.807, 2.05) is 32.0 Å². The van der Waals surface area contributed by atoms with Crippen molar-refractivity contribution in [3.8, 4) is 0 Å². The van der Waals surface area contributed by atoms with Crippen LogP contribution in [0.4, 0.5) is 0 Å². The summed E-state index contributed by atoms with van der Waals surface area (Å²) in [6.45, 7) is 4.69. The molecule has 0 fully saturated rings. The van der Waals surface area contributed by atoms with Gasteiger partial charge in [0.2, 0.25) is 23.6 Å². The van der Waals surface area contributed by atoms with Crippen molar-refractivity contribution >= 4 is 35.2 Å². The van der Waals surface area contributed by atoms with Gasteiger partial charge in [-0.15, -0.1) is 0 Å². The first-order valence-electron chi connectivity index (χ1n) is 16.0. The van der Waals surface area contributed by atoms with Crippen molar-refractivity contribution in [2.45, 2.75) is 97.1 Å². The van der Waals surface area contributed by atoms with E-state index in [2.05, 4.69) is 22.9 Å². The number of carbonyl (C=O) groups excluding carboxylic acids is 6. The highest BCUT2D eigenvalue weighted by Gasteiger charge is 2.32. The summed E-state index contributed by atoms with van der Waals surface area (Å²) in [6, 6.07) is 6.88. The van der Waals surface area contributed by atoms with Crippen LogP contribution in [0, 0.1) is 17.8 Å². The standard InChI is InChI=1S/C33H53N5O7/c1-4-5-6-7-11-14-30(42)36-20-28(38-33(45)25(21-39)17-26(40)19-34)29(41)18-24(16-23-12-9-8-10-13-23)32(44)37-27(31(35)43)15-22(2)3/h8-10,12-13,22,24-25,27-28,39H,4-7,11,14-21,34H2,1-3H3,(H2,35,43)(H,36,42)(H,37,44)(H,38,45)/t24-,25+,27+,28+/m1/s1. The van der Waals surface area contributed by atoms with Gasteiger partial charge in [0.1, 0.15) is 17.9 Å². The maximum absolute atomic E-state index is 13.7. The Morgan fingerprint density at radius 3 is 2.04 bits per heavy atom. The number of unbranched alkanes of at least 4 members (excludes halogenated alkanes) is 4. The Hall–Kier alpha value is -3.64. The largest absolute Gasteiger partial charge is 0.396 e. The highest BCUT2D eigenvalue weighted by molar-refractivity contribution is 5.95. The van der Waals surface area contributed by atoms with Crippen LogP contribution in [0.3, 0.4) is 0 Å². The fourth-order valence-corrected chi connectivity index (χ4v) is 4.88. The van der Waals surface area contributed by atoms with Gasteiger partial charge in [-0.25, -0.2) is 0 Å². The summed E-state index contributed by atoms with van der Waals surface area (Å²) in [5.41, 5.74) is 11.7. The van der Waals surface area contributed by atoms with Gasteiger partial charge in [0.05, 0.1) is 19.1 Å². The number of hydrogen-bond acceptors (Lipinski definition) is 8. The number of carbonyl (C=O) groups is 6. The van der Waals surface area contributed by atoms with E-state index >= 15 is 0 Å². The van der Waals surface area contributed by atoms with E-state index in [1.54, 1.807) is 12.1 Å². The summed E-state index contributed by atoms with van der Waals surface area (Å²) in [5.74, 6) is -5.23. The lowest BCUT2D eigenvalue weighted by Crippen LogP contribution is -2.52. The van der Waals surface area contributed by atoms with Crippen LogP contribution >= 0.6 is 0 Å². The van der Waals surface area contributed by atoms with Crippen LogP contribution in [0.15, 0.2) is 30.3 Å². The topological polar surface area (TPSA) is 211 Å². The van der Waals surface area contributed by atoms with Crippen molar-refractivity contribution in [2.75, 3.05) is 19.7 Å². The third-order valence-corrected chi connectivity index (χ3v) is 7.52. The van der Waals surface area contributed by atoms with Crippen molar-refractivity contribution in [1.29, 1.82) is 0 Å². The number of aliphatic hydroxyl groups excluding tert-OH is 1. The molecule has 45 heavy (non-hydrogen) atoms. The molecule has 1 aromatic rings. The Kier molecular flexibility index (Phi) is 19.2. The van der Waals surface area contributed by atoms with Gasteiger partial charge in [-0.3, -0.25) is 28.8 Å². The Balaban J connectivity index is 3.19. The Bertz CT molecular complexity index is 1100. The summed E-state index contributed by atoms with van der Waals surface area (Å²) in [7, 11) is 0. The van der Waals surface area contributed by atoms with Gasteiger partial charge in [-0.05, 0) is 30.7 Å². The molecule has 12 nitrogen and oxygen atoms in total. The molecule has 0 aliphatic rings. The molecule has 8 N–H and O–H groups in total. The Labute approximate surface area is 266 Å². The number of Topliss-reactive ketones (excluding diaryl/α,β-unsaturated/α-hetero) is 2. The van der Waals surface area contributed by atoms with Gasteiger partial charge in [-0.2, -0.15) is 0 Å². The van der Waals surface area contributed by atoms with E-state index in [-0.39, 0.29) is 50.6 Å². The van der Waals surface area contributed by atoms with Crippen molar-refractivity contribution in [3.63, 3.8) is 0 Å². The number of benzene rings is 1. The van der Waals surface area contributed by atoms with Gasteiger partial charge >= 0.3 is 0 Å². The third kappa shape index (κ3) is 16.3. The lowest BCUT2D eigenvalue weighted by molar-refractivity contribution is -0.135. The molecule has 0 saturated heterocycles. The van der Waals surface area contributed by atoms with Crippen LogP contribution in [0.1, 0.15) is 84.1 Å². The monoisotopic (exact) mass is 631 g/mol. The van der Waals surface area contributed by atoms with E-state index in [0.717, 1.165) is 31.2 Å². The molecule has 12 heteroatoms. The molecule has 1 aromatic carbocycles. The molecular formula is C33H53N5O7. The van der Waals surface area contributed by atoms with E-state index in [9.17, 15) is 33.9 Å². The molecular weight excluding hydrogens is 578 g/mol. The van der Waals surface area contributed by atoms with Crippen LogP contribution in [0.5, 0.6) is 0 Å². The maximum atomic E-state index is 13.7. The zero-order chi connectivity index (χ0) is 33.8. The maximum Gasteiger partial charge on any atom is 0.240 e. The number of rotatable bonds is 24. The number of nitrogens with one attached hydrogen (secondary N) is 3. The average Bonchev–Trinajstić information content (AvgIpc) is 3.00. The number of primary amides is 1. The molecule has 0 aliphatic heterocycles. The summed E-state index contributed by atoms with van der Waals surface area (Å²) < 4.78 is 0. The predicted molar refractivity (Wildman–Crippen MR) is 171 cm³/mol. The zero-order valence-electron chi connectivity index (χ0n) is 27.0. The molecule has 0 heterocycles. The molecule has 4 amide bonds. The molecule has 0 radical (unpaired) electrons. The molecule has 0 aromatic heterocycles. The van der Waals surface area contributed by atoms with Gasteiger partial charge in [0.15, 0.2) is 5.78 Å². The van der Waals surface area contributed by atoms with Crippen LogP contribution in [-0.4, -0.2) is 72.1 Å². The van der Waals surface area contributed by atoms with Crippen molar-refractivity contribution < 1.29 is 33.9 Å². The first-order valence-corrected chi connectivity index (χ1v) is 16.0. The first kappa shape index (κ1) is 39.4.